The zero-order chi connectivity index (χ0) is 19.3. The van der Waals surface area contributed by atoms with E-state index in [0.717, 1.165) is 0 Å². The Bertz CT molecular complexity index is 857. The summed E-state index contributed by atoms with van der Waals surface area (Å²) in [6, 6.07) is 11.1. The molecule has 0 aromatic heterocycles. The average Bonchev–Trinajstić information content (AvgIpc) is 2.63. The van der Waals surface area contributed by atoms with Crippen molar-refractivity contribution in [1.82, 2.24) is 0 Å². The van der Waals surface area contributed by atoms with E-state index in [1.165, 1.54) is 19.1 Å². The molecule has 0 heterocycles. The molecule has 5 nitrogen and oxygen atoms in total. The molecule has 0 unspecified atom stereocenters. The summed E-state index contributed by atoms with van der Waals surface area (Å²) in [7, 11) is -1.32. The number of hydrogen-bond donors (Lipinski definition) is 1. The van der Waals surface area contributed by atoms with Gasteiger partial charge in [-0.25, -0.2) is 4.79 Å². The molecule has 0 fully saturated rings. The van der Waals surface area contributed by atoms with E-state index in [0.29, 0.717) is 26.4 Å². The molecular weight excluding hydrogens is 397 g/mol. The zero-order valence-corrected chi connectivity index (χ0v) is 16.5. The molecule has 138 valence electrons. The summed E-state index contributed by atoms with van der Waals surface area (Å²) in [5, 5.41) is 3.28. The van der Waals surface area contributed by atoms with Crippen LogP contribution in [-0.2, 0) is 20.3 Å². The van der Waals surface area contributed by atoms with E-state index in [-0.39, 0.29) is 5.56 Å². The Balaban J connectivity index is 2.11. The predicted octanol–water partition coefficient (Wildman–Crippen LogP) is 4.30. The molecule has 0 saturated heterocycles. The van der Waals surface area contributed by atoms with Crippen LogP contribution in [0.15, 0.2) is 47.4 Å². The summed E-state index contributed by atoms with van der Waals surface area (Å²) >= 11 is 11.9. The molecule has 1 amide bonds. The van der Waals surface area contributed by atoms with Gasteiger partial charge in [-0.2, -0.15) is 0 Å². The van der Waals surface area contributed by atoms with Gasteiger partial charge in [0, 0.05) is 10.8 Å². The number of benzene rings is 2. The van der Waals surface area contributed by atoms with E-state index < -0.39 is 28.8 Å². The molecule has 8 heteroatoms. The van der Waals surface area contributed by atoms with E-state index in [9.17, 15) is 13.8 Å². The number of rotatable bonds is 6. The van der Waals surface area contributed by atoms with Crippen LogP contribution in [0.1, 0.15) is 24.2 Å². The van der Waals surface area contributed by atoms with Crippen molar-refractivity contribution in [2.45, 2.75) is 24.8 Å². The fraction of sp³-hybridized carbons (Fsp3) is 0.222. The van der Waals surface area contributed by atoms with Crippen LogP contribution in [0.4, 0.5) is 5.69 Å². The fourth-order valence-corrected chi connectivity index (χ4v) is 3.37. The molecule has 0 spiro atoms. The predicted molar refractivity (Wildman–Crippen MR) is 103 cm³/mol. The van der Waals surface area contributed by atoms with E-state index in [4.69, 9.17) is 27.9 Å². The summed E-state index contributed by atoms with van der Waals surface area (Å²) < 4.78 is 17.3. The molecule has 0 aliphatic rings. The van der Waals surface area contributed by atoms with E-state index >= 15 is 0 Å². The molecule has 2 rings (SSSR count). The second kappa shape index (κ2) is 9.16. The first-order valence-electron chi connectivity index (χ1n) is 7.77. The van der Waals surface area contributed by atoms with Gasteiger partial charge in [0.05, 0.1) is 32.0 Å². The topological polar surface area (TPSA) is 72.5 Å². The van der Waals surface area contributed by atoms with E-state index in [1.54, 1.807) is 37.3 Å². The van der Waals surface area contributed by atoms with Crippen LogP contribution in [0.5, 0.6) is 0 Å². The summed E-state index contributed by atoms with van der Waals surface area (Å²) in [4.78, 5) is 25.0. The molecule has 0 aliphatic carbocycles. The van der Waals surface area contributed by atoms with Crippen LogP contribution in [0, 0.1) is 0 Å². The second-order valence-electron chi connectivity index (χ2n) is 5.29. The highest BCUT2D eigenvalue weighted by molar-refractivity contribution is 7.85. The fourth-order valence-electron chi connectivity index (χ4n) is 2.09. The first kappa shape index (κ1) is 20.4. The van der Waals surface area contributed by atoms with Gasteiger partial charge in [0.25, 0.3) is 5.91 Å². The highest BCUT2D eigenvalue weighted by Gasteiger charge is 2.22. The van der Waals surface area contributed by atoms with Crippen molar-refractivity contribution in [3.63, 3.8) is 0 Å². The van der Waals surface area contributed by atoms with Gasteiger partial charge in [-0.3, -0.25) is 9.00 Å². The van der Waals surface area contributed by atoms with Crippen LogP contribution in [0.25, 0.3) is 0 Å². The lowest BCUT2D eigenvalue weighted by Crippen LogP contribution is -2.30. The van der Waals surface area contributed by atoms with Crippen molar-refractivity contribution in [3.8, 4) is 0 Å². The standard InChI is InChI=1S/C18H17Cl2NO4S/c1-3-26(24)16-7-5-4-6-13(16)18(23)25-11(2)17(22)21-15-10-12(19)8-9-14(15)20/h4-11H,3H2,1-2H3,(H,21,22)/t11-,26-/m1/s1. The summed E-state index contributed by atoms with van der Waals surface area (Å²) in [6.07, 6.45) is -1.08. The van der Waals surface area contributed by atoms with Gasteiger partial charge in [0.1, 0.15) is 0 Å². The van der Waals surface area contributed by atoms with Gasteiger partial charge < -0.3 is 10.1 Å². The van der Waals surface area contributed by atoms with Crippen LogP contribution < -0.4 is 5.32 Å². The van der Waals surface area contributed by atoms with Crippen molar-refractivity contribution in [2.24, 2.45) is 0 Å². The van der Waals surface area contributed by atoms with Crippen LogP contribution >= 0.6 is 23.2 Å². The Hall–Kier alpha value is -1.89. The van der Waals surface area contributed by atoms with Crippen LogP contribution in [-0.4, -0.2) is 27.9 Å². The lowest BCUT2D eigenvalue weighted by atomic mass is 10.2. The molecule has 0 aliphatic heterocycles. The van der Waals surface area contributed by atoms with Gasteiger partial charge >= 0.3 is 5.97 Å². The first-order valence-corrected chi connectivity index (χ1v) is 9.85. The van der Waals surface area contributed by atoms with Gasteiger partial charge in [0.15, 0.2) is 6.10 Å². The summed E-state index contributed by atoms with van der Waals surface area (Å²) in [6.45, 7) is 3.19. The molecule has 2 atom stereocenters. The van der Waals surface area contributed by atoms with Crippen molar-refractivity contribution < 1.29 is 18.5 Å². The van der Waals surface area contributed by atoms with Gasteiger partial charge in [0.2, 0.25) is 0 Å². The average molecular weight is 414 g/mol. The van der Waals surface area contributed by atoms with Crippen LogP contribution in [0.3, 0.4) is 0 Å². The second-order valence-corrected chi connectivity index (χ2v) is 7.84. The third kappa shape index (κ3) is 5.06. The lowest BCUT2D eigenvalue weighted by Gasteiger charge is -2.15. The molecule has 2 aromatic rings. The smallest absolute Gasteiger partial charge is 0.340 e. The monoisotopic (exact) mass is 413 g/mol. The number of carbonyl (C=O) groups is 2. The zero-order valence-electron chi connectivity index (χ0n) is 14.1. The van der Waals surface area contributed by atoms with E-state index in [1.807, 2.05) is 0 Å². The third-order valence-corrected chi connectivity index (χ3v) is 5.39. The lowest BCUT2D eigenvalue weighted by molar-refractivity contribution is -0.123. The van der Waals surface area contributed by atoms with E-state index in [2.05, 4.69) is 5.32 Å². The minimum atomic E-state index is -1.32. The Kier molecular flexibility index (Phi) is 7.20. The molecule has 26 heavy (non-hydrogen) atoms. The maximum absolute atomic E-state index is 12.4. The maximum atomic E-state index is 12.4. The molecule has 0 radical (unpaired) electrons. The molecule has 1 N–H and O–H groups in total. The number of halogens is 2. The number of anilines is 1. The van der Waals surface area contributed by atoms with Crippen molar-refractivity contribution in [2.75, 3.05) is 11.1 Å². The molecular formula is C18H17Cl2NO4S. The molecule has 2 aromatic carbocycles. The highest BCUT2D eigenvalue weighted by atomic mass is 35.5. The number of amides is 1. The maximum Gasteiger partial charge on any atom is 0.340 e. The summed E-state index contributed by atoms with van der Waals surface area (Å²) in [5.41, 5.74) is 0.493. The number of hydrogen-bond acceptors (Lipinski definition) is 4. The van der Waals surface area contributed by atoms with Crippen molar-refractivity contribution in [1.29, 1.82) is 0 Å². The first-order chi connectivity index (χ1) is 12.3. The minimum Gasteiger partial charge on any atom is -0.449 e. The Morgan fingerprint density at radius 1 is 1.19 bits per heavy atom. The molecule has 0 bridgehead atoms. The van der Waals surface area contributed by atoms with Gasteiger partial charge in [-0.15, -0.1) is 0 Å². The molecule has 0 saturated carbocycles. The third-order valence-electron chi connectivity index (χ3n) is 3.45. The number of carbonyl (C=O) groups excluding carboxylic acids is 2. The van der Waals surface area contributed by atoms with Crippen LogP contribution in [0.2, 0.25) is 10.0 Å². The van der Waals surface area contributed by atoms with Gasteiger partial charge in [-0.1, -0.05) is 42.3 Å². The Labute approximate surface area is 164 Å². The SMILES string of the molecule is CC[S@@](=O)c1ccccc1C(=O)O[C@H](C)C(=O)Nc1cc(Cl)ccc1Cl. The number of ether oxygens (including phenoxy) is 1. The Morgan fingerprint density at radius 2 is 1.88 bits per heavy atom. The van der Waals surface area contributed by atoms with Gasteiger partial charge in [-0.05, 0) is 37.3 Å². The quantitative estimate of drug-likeness (QED) is 0.716. The Morgan fingerprint density at radius 3 is 2.58 bits per heavy atom. The minimum absolute atomic E-state index is 0.174. The largest absolute Gasteiger partial charge is 0.449 e. The number of nitrogens with one attached hydrogen (secondary N) is 1. The van der Waals surface area contributed by atoms with Crippen molar-refractivity contribution in [3.05, 3.63) is 58.1 Å². The number of esters is 1. The highest BCUT2D eigenvalue weighted by Crippen LogP contribution is 2.25. The van der Waals surface area contributed by atoms with Crippen molar-refractivity contribution >= 4 is 51.6 Å². The normalized spacial score (nSPS) is 12.9. The summed E-state index contributed by atoms with van der Waals surface area (Å²) in [5.74, 6) is -0.910.